The molecule has 1 aliphatic rings. The smallest absolute Gasteiger partial charge is 0.264 e. The fourth-order valence-corrected chi connectivity index (χ4v) is 3.45. The van der Waals surface area contributed by atoms with Crippen molar-refractivity contribution in [3.63, 3.8) is 0 Å². The lowest BCUT2D eigenvalue weighted by atomic mass is 10.1. The van der Waals surface area contributed by atoms with Gasteiger partial charge in [0.15, 0.2) is 0 Å². The van der Waals surface area contributed by atoms with Crippen LogP contribution in [0.15, 0.2) is 29.9 Å². The van der Waals surface area contributed by atoms with Gasteiger partial charge < -0.3 is 10.6 Å². The molecule has 0 bridgehead atoms. The van der Waals surface area contributed by atoms with Gasteiger partial charge in [-0.15, -0.1) is 11.3 Å². The lowest BCUT2D eigenvalue weighted by molar-refractivity contribution is 0.0678. The Balaban J connectivity index is 1.73. The molecule has 0 unspecified atom stereocenters. The quantitative estimate of drug-likeness (QED) is 0.933. The first-order valence-electron chi connectivity index (χ1n) is 6.82. The fourth-order valence-electron chi connectivity index (χ4n) is 2.59. The van der Waals surface area contributed by atoms with Crippen LogP contribution < -0.4 is 5.73 Å². The first-order chi connectivity index (χ1) is 10.1. The number of carbonyl (C=O) groups excluding carboxylic acids is 2. The van der Waals surface area contributed by atoms with Crippen molar-refractivity contribution in [2.24, 2.45) is 5.73 Å². The Kier molecular flexibility index (Phi) is 3.74. The van der Waals surface area contributed by atoms with Gasteiger partial charge in [0, 0.05) is 30.9 Å². The monoisotopic (exact) mass is 304 g/mol. The molecule has 1 atom stereocenters. The van der Waals surface area contributed by atoms with E-state index < -0.39 is 5.91 Å². The Labute approximate surface area is 126 Å². The molecule has 0 spiro atoms. The van der Waals surface area contributed by atoms with Crippen molar-refractivity contribution in [1.29, 1.82) is 0 Å². The van der Waals surface area contributed by atoms with Crippen LogP contribution in [0.3, 0.4) is 0 Å². The maximum absolute atomic E-state index is 12.5. The summed E-state index contributed by atoms with van der Waals surface area (Å²) in [5.41, 5.74) is 5.62. The van der Waals surface area contributed by atoms with Crippen molar-refractivity contribution in [2.45, 2.75) is 18.9 Å². The van der Waals surface area contributed by atoms with E-state index in [2.05, 4.69) is 5.10 Å². The van der Waals surface area contributed by atoms with Gasteiger partial charge in [0.05, 0.1) is 16.5 Å². The van der Waals surface area contributed by atoms with Crippen molar-refractivity contribution in [3.05, 3.63) is 40.3 Å². The van der Waals surface area contributed by atoms with Crippen LogP contribution in [0.1, 0.15) is 38.9 Å². The lowest BCUT2D eigenvalue weighted by Gasteiger charge is -2.32. The molecule has 21 heavy (non-hydrogen) atoms. The normalized spacial score (nSPS) is 18.7. The molecule has 1 aliphatic heterocycles. The number of nitrogens with two attached hydrogens (primary N) is 1. The lowest BCUT2D eigenvalue weighted by Crippen LogP contribution is -2.40. The molecule has 0 aromatic carbocycles. The number of carbonyl (C=O) groups is 2. The van der Waals surface area contributed by atoms with E-state index in [1.807, 2.05) is 21.8 Å². The largest absolute Gasteiger partial charge is 0.366 e. The number of rotatable bonds is 3. The van der Waals surface area contributed by atoms with Gasteiger partial charge >= 0.3 is 0 Å². The first kappa shape index (κ1) is 13.8. The van der Waals surface area contributed by atoms with E-state index >= 15 is 0 Å². The van der Waals surface area contributed by atoms with Crippen LogP contribution >= 0.6 is 11.3 Å². The van der Waals surface area contributed by atoms with Crippen molar-refractivity contribution >= 4 is 23.2 Å². The van der Waals surface area contributed by atoms with Gasteiger partial charge in [0.2, 0.25) is 5.91 Å². The van der Waals surface area contributed by atoms with Gasteiger partial charge in [0.1, 0.15) is 0 Å². The van der Waals surface area contributed by atoms with Gasteiger partial charge in [-0.1, -0.05) is 0 Å². The number of amides is 2. The number of hydrogen-bond acceptors (Lipinski definition) is 4. The van der Waals surface area contributed by atoms with Gasteiger partial charge in [-0.05, 0) is 25.0 Å². The molecule has 0 radical (unpaired) electrons. The third-order valence-corrected chi connectivity index (χ3v) is 4.60. The van der Waals surface area contributed by atoms with Gasteiger partial charge in [-0.2, -0.15) is 5.10 Å². The van der Waals surface area contributed by atoms with E-state index in [-0.39, 0.29) is 11.9 Å². The average molecular weight is 304 g/mol. The standard InChI is InChI=1S/C14H16N4O2S/c15-13(19)10-7-12(21-9-10)14(20)17-5-1-3-11(8-17)18-6-2-4-16-18/h2,4,6-7,9,11H,1,3,5,8H2,(H2,15,19)/t11-/m0/s1. The maximum atomic E-state index is 12.5. The SMILES string of the molecule is NC(=O)c1csc(C(=O)N2CCC[C@H](n3cccn3)C2)c1. The molecule has 1 fully saturated rings. The summed E-state index contributed by atoms with van der Waals surface area (Å²) in [6.45, 7) is 1.38. The molecular formula is C14H16N4O2S. The summed E-state index contributed by atoms with van der Waals surface area (Å²) in [4.78, 5) is 26.0. The highest BCUT2D eigenvalue weighted by Gasteiger charge is 2.26. The predicted octanol–water partition coefficient (Wildman–Crippen LogP) is 1.52. The summed E-state index contributed by atoms with van der Waals surface area (Å²) < 4.78 is 1.91. The second-order valence-electron chi connectivity index (χ2n) is 5.10. The molecule has 3 rings (SSSR count). The average Bonchev–Trinajstić information content (AvgIpc) is 3.18. The molecule has 7 heteroatoms. The third-order valence-electron chi connectivity index (χ3n) is 3.68. The van der Waals surface area contributed by atoms with Gasteiger partial charge in [-0.25, -0.2) is 0 Å². The van der Waals surface area contributed by atoms with Crippen LogP contribution in [0.2, 0.25) is 0 Å². The summed E-state index contributed by atoms with van der Waals surface area (Å²) in [6.07, 6.45) is 5.64. The molecular weight excluding hydrogens is 288 g/mol. The Hall–Kier alpha value is -2.15. The van der Waals surface area contributed by atoms with E-state index in [0.717, 1.165) is 19.4 Å². The van der Waals surface area contributed by atoms with Crippen LogP contribution in [0.4, 0.5) is 0 Å². The topological polar surface area (TPSA) is 81.2 Å². The zero-order chi connectivity index (χ0) is 14.8. The summed E-state index contributed by atoms with van der Waals surface area (Å²) in [5.74, 6) is -0.539. The third kappa shape index (κ3) is 2.82. The Morgan fingerprint density at radius 1 is 1.43 bits per heavy atom. The highest BCUT2D eigenvalue weighted by molar-refractivity contribution is 7.12. The van der Waals surface area contributed by atoms with Crippen LogP contribution in [0.5, 0.6) is 0 Å². The minimum absolute atomic E-state index is 0.0376. The second kappa shape index (κ2) is 5.69. The van der Waals surface area contributed by atoms with E-state index in [1.54, 1.807) is 17.6 Å². The summed E-state index contributed by atoms with van der Waals surface area (Å²) >= 11 is 1.26. The molecule has 3 heterocycles. The number of aromatic nitrogens is 2. The van der Waals surface area contributed by atoms with E-state index in [0.29, 0.717) is 17.0 Å². The molecule has 110 valence electrons. The van der Waals surface area contributed by atoms with E-state index in [4.69, 9.17) is 5.73 Å². The van der Waals surface area contributed by atoms with Gasteiger partial charge in [-0.3, -0.25) is 14.3 Å². The summed E-state index contributed by atoms with van der Waals surface area (Å²) in [7, 11) is 0. The van der Waals surface area contributed by atoms with E-state index in [9.17, 15) is 9.59 Å². The van der Waals surface area contributed by atoms with E-state index in [1.165, 1.54) is 11.3 Å². The number of hydrogen-bond donors (Lipinski definition) is 1. The Bertz CT molecular complexity index is 650. The number of primary amides is 1. The highest BCUT2D eigenvalue weighted by atomic mass is 32.1. The van der Waals surface area contributed by atoms with Crippen LogP contribution in [-0.2, 0) is 0 Å². The first-order valence-corrected chi connectivity index (χ1v) is 7.70. The van der Waals surface area contributed by atoms with Crippen LogP contribution in [0, 0.1) is 0 Å². The maximum Gasteiger partial charge on any atom is 0.264 e. The number of nitrogens with zero attached hydrogens (tertiary/aromatic N) is 3. The Morgan fingerprint density at radius 3 is 2.95 bits per heavy atom. The van der Waals surface area contributed by atoms with Crippen molar-refractivity contribution in [1.82, 2.24) is 14.7 Å². The summed E-state index contributed by atoms with van der Waals surface area (Å²) in [6, 6.07) is 3.68. The predicted molar refractivity (Wildman–Crippen MR) is 79.2 cm³/mol. The summed E-state index contributed by atoms with van der Waals surface area (Å²) in [5, 5.41) is 5.88. The van der Waals surface area contributed by atoms with Gasteiger partial charge in [0.25, 0.3) is 5.91 Å². The molecule has 2 aromatic rings. The highest BCUT2D eigenvalue weighted by Crippen LogP contribution is 2.24. The molecule has 2 amide bonds. The zero-order valence-corrected chi connectivity index (χ0v) is 12.3. The number of thiophene rings is 1. The second-order valence-corrected chi connectivity index (χ2v) is 6.01. The molecule has 2 aromatic heterocycles. The molecule has 0 aliphatic carbocycles. The molecule has 1 saturated heterocycles. The van der Waals surface area contributed by atoms with Crippen LogP contribution in [0.25, 0.3) is 0 Å². The molecule has 0 saturated carbocycles. The zero-order valence-electron chi connectivity index (χ0n) is 11.4. The van der Waals surface area contributed by atoms with Crippen molar-refractivity contribution in [2.75, 3.05) is 13.1 Å². The van der Waals surface area contributed by atoms with Crippen molar-refractivity contribution in [3.8, 4) is 0 Å². The number of likely N-dealkylation sites (tertiary alicyclic amines) is 1. The fraction of sp³-hybridized carbons (Fsp3) is 0.357. The van der Waals surface area contributed by atoms with Crippen LogP contribution in [-0.4, -0.2) is 39.6 Å². The molecule has 2 N–H and O–H groups in total. The Morgan fingerprint density at radius 2 is 2.29 bits per heavy atom. The van der Waals surface area contributed by atoms with Crippen molar-refractivity contribution < 1.29 is 9.59 Å². The minimum Gasteiger partial charge on any atom is -0.366 e. The minimum atomic E-state index is -0.502. The number of piperidine rings is 1. The molecule has 6 nitrogen and oxygen atoms in total.